The molecule has 1 N–H and O–H groups in total. The first kappa shape index (κ1) is 20.7. The van der Waals surface area contributed by atoms with Gasteiger partial charge in [-0.2, -0.15) is 10.4 Å². The minimum Gasteiger partial charge on any atom is -0.444 e. The first-order valence-electron chi connectivity index (χ1n) is 10.6. The average Bonchev–Trinajstić information content (AvgIpc) is 3.47. The van der Waals surface area contributed by atoms with Crippen molar-refractivity contribution in [2.75, 3.05) is 13.1 Å². The number of nitrogens with one attached hydrogen (secondary N) is 1. The molecule has 11 heteroatoms. The number of pyridine rings is 1. The summed E-state index contributed by atoms with van der Waals surface area (Å²) in [5.41, 5.74) is 1.90. The number of aromatic nitrogens is 6. The molecule has 0 radical (unpaired) electrons. The third kappa shape index (κ3) is 3.69. The largest absolute Gasteiger partial charge is 0.444 e. The van der Waals surface area contributed by atoms with Crippen LogP contribution >= 0.6 is 0 Å². The van der Waals surface area contributed by atoms with Crippen molar-refractivity contribution in [1.29, 1.82) is 5.26 Å². The number of aromatic amines is 1. The molecule has 5 rings (SSSR count). The van der Waals surface area contributed by atoms with Crippen LogP contribution in [0, 0.1) is 11.3 Å². The van der Waals surface area contributed by atoms with Crippen molar-refractivity contribution in [3.63, 3.8) is 0 Å². The maximum absolute atomic E-state index is 12.8. The number of ether oxygens (including phenoxy) is 1. The number of likely N-dealkylation sites (tertiary alicyclic amines) is 1. The third-order valence-corrected chi connectivity index (χ3v) is 5.53. The first-order chi connectivity index (χ1) is 15.7. The van der Waals surface area contributed by atoms with E-state index < -0.39 is 11.7 Å². The fraction of sp³-hybridized carbons (Fsp3) is 0.364. The molecule has 11 nitrogen and oxygen atoms in total. The maximum Gasteiger partial charge on any atom is 0.410 e. The number of rotatable bonds is 2. The maximum atomic E-state index is 12.8. The second-order valence-corrected chi connectivity index (χ2v) is 9.02. The lowest BCUT2D eigenvalue weighted by atomic mass is 10.2. The van der Waals surface area contributed by atoms with Gasteiger partial charge in [0.25, 0.3) is 0 Å². The summed E-state index contributed by atoms with van der Waals surface area (Å²) >= 11 is 0. The lowest BCUT2D eigenvalue weighted by Crippen LogP contribution is -2.36. The van der Waals surface area contributed by atoms with E-state index in [1.54, 1.807) is 44.7 Å². The Morgan fingerprint density at radius 2 is 2.15 bits per heavy atom. The van der Waals surface area contributed by atoms with Crippen molar-refractivity contribution in [1.82, 2.24) is 34.0 Å². The summed E-state index contributed by atoms with van der Waals surface area (Å²) in [6, 6.07) is 5.27. The molecule has 1 atom stereocenters. The fourth-order valence-electron chi connectivity index (χ4n) is 4.05. The number of carbonyl (C=O) groups is 1. The summed E-state index contributed by atoms with van der Waals surface area (Å²) in [6.45, 7) is 6.30. The molecule has 1 fully saturated rings. The number of nitriles is 1. The van der Waals surface area contributed by atoms with E-state index in [-0.39, 0.29) is 11.7 Å². The normalized spacial score (nSPS) is 16.4. The lowest BCUT2D eigenvalue weighted by molar-refractivity contribution is 0.0289. The lowest BCUT2D eigenvalue weighted by Gasteiger charge is -2.24. The SMILES string of the molecule is CC(C)(C)OC(=O)N1CCC(n2c(=O)[nH]c3cnc(-c4cnn5ccc(C#N)cc45)nc32)C1. The summed E-state index contributed by atoms with van der Waals surface area (Å²) in [7, 11) is 0. The van der Waals surface area contributed by atoms with Gasteiger partial charge >= 0.3 is 11.8 Å². The molecule has 0 spiro atoms. The van der Waals surface area contributed by atoms with Gasteiger partial charge in [0.1, 0.15) is 11.1 Å². The molecule has 0 saturated carbocycles. The van der Waals surface area contributed by atoms with E-state index in [1.165, 1.54) is 0 Å². The Morgan fingerprint density at radius 3 is 2.91 bits per heavy atom. The van der Waals surface area contributed by atoms with Gasteiger partial charge in [0.05, 0.1) is 41.1 Å². The molecule has 1 aliphatic heterocycles. The van der Waals surface area contributed by atoms with Crippen LogP contribution in [0.1, 0.15) is 38.8 Å². The molecule has 0 aliphatic carbocycles. The Morgan fingerprint density at radius 1 is 1.33 bits per heavy atom. The van der Waals surface area contributed by atoms with Crippen LogP contribution in [-0.4, -0.2) is 58.8 Å². The van der Waals surface area contributed by atoms with Crippen LogP contribution in [0.2, 0.25) is 0 Å². The van der Waals surface area contributed by atoms with Gasteiger partial charge in [-0.15, -0.1) is 0 Å². The molecule has 4 aromatic heterocycles. The quantitative estimate of drug-likeness (QED) is 0.500. The summed E-state index contributed by atoms with van der Waals surface area (Å²) in [4.78, 5) is 38.7. The van der Waals surface area contributed by atoms with E-state index in [2.05, 4.69) is 26.1 Å². The Balaban J connectivity index is 1.52. The molecule has 1 amide bonds. The van der Waals surface area contributed by atoms with Gasteiger partial charge in [0, 0.05) is 19.3 Å². The Bertz CT molecular complexity index is 1480. The second-order valence-electron chi connectivity index (χ2n) is 9.02. The van der Waals surface area contributed by atoms with Crippen LogP contribution in [0.4, 0.5) is 4.79 Å². The number of amides is 1. The third-order valence-electron chi connectivity index (χ3n) is 5.53. The molecule has 5 heterocycles. The predicted octanol–water partition coefficient (Wildman–Crippen LogP) is 2.49. The van der Waals surface area contributed by atoms with Gasteiger partial charge in [-0.25, -0.2) is 24.1 Å². The number of nitrogens with zero attached hydrogens (tertiary/aromatic N) is 7. The molecule has 4 aromatic rings. The molecular formula is C22H22N8O3. The van der Waals surface area contributed by atoms with Crippen LogP contribution in [-0.2, 0) is 4.74 Å². The topological polar surface area (TPSA) is 134 Å². The highest BCUT2D eigenvalue weighted by molar-refractivity contribution is 5.80. The predicted molar refractivity (Wildman–Crippen MR) is 119 cm³/mol. The number of H-pyrrole nitrogens is 1. The van der Waals surface area contributed by atoms with Crippen molar-refractivity contribution in [2.45, 2.75) is 38.8 Å². The highest BCUT2D eigenvalue weighted by Gasteiger charge is 2.32. The van der Waals surface area contributed by atoms with Crippen molar-refractivity contribution in [3.8, 4) is 17.5 Å². The van der Waals surface area contributed by atoms with Gasteiger partial charge in [0.15, 0.2) is 11.5 Å². The minimum absolute atomic E-state index is 0.240. The molecule has 33 heavy (non-hydrogen) atoms. The van der Waals surface area contributed by atoms with E-state index in [9.17, 15) is 14.9 Å². The smallest absolute Gasteiger partial charge is 0.410 e. The summed E-state index contributed by atoms with van der Waals surface area (Å²) < 4.78 is 8.69. The molecule has 1 saturated heterocycles. The average molecular weight is 446 g/mol. The van der Waals surface area contributed by atoms with E-state index in [1.807, 2.05) is 20.8 Å². The first-order valence-corrected chi connectivity index (χ1v) is 10.6. The summed E-state index contributed by atoms with van der Waals surface area (Å²) in [5, 5.41) is 13.5. The zero-order valence-corrected chi connectivity index (χ0v) is 18.4. The molecule has 1 unspecified atom stereocenters. The second kappa shape index (κ2) is 7.44. The molecule has 0 aromatic carbocycles. The van der Waals surface area contributed by atoms with Gasteiger partial charge in [-0.05, 0) is 39.3 Å². The zero-order chi connectivity index (χ0) is 23.3. The minimum atomic E-state index is -0.589. The number of carbonyl (C=O) groups excluding carboxylic acids is 1. The zero-order valence-electron chi connectivity index (χ0n) is 18.4. The van der Waals surface area contributed by atoms with E-state index >= 15 is 0 Å². The Hall–Kier alpha value is -4.20. The molecular weight excluding hydrogens is 424 g/mol. The van der Waals surface area contributed by atoms with Crippen molar-refractivity contribution < 1.29 is 9.53 Å². The van der Waals surface area contributed by atoms with Crippen LogP contribution in [0.3, 0.4) is 0 Å². The highest BCUT2D eigenvalue weighted by Crippen LogP contribution is 2.27. The standard InChI is InChI=1S/C22H22N8O3/c1-22(2,3)33-21(32)28-6-5-14(12-28)30-19-16(26-20(30)31)11-24-18(27-19)15-10-25-29-7-4-13(9-23)8-17(15)29/h4,7-8,10-11,14H,5-6,12H2,1-3H3,(H,26,31). The van der Waals surface area contributed by atoms with Crippen molar-refractivity contribution in [2.24, 2.45) is 0 Å². The van der Waals surface area contributed by atoms with Crippen LogP contribution in [0.25, 0.3) is 28.1 Å². The van der Waals surface area contributed by atoms with Crippen molar-refractivity contribution >= 4 is 22.8 Å². The van der Waals surface area contributed by atoms with Gasteiger partial charge < -0.3 is 14.6 Å². The molecule has 168 valence electrons. The van der Waals surface area contributed by atoms with Gasteiger partial charge in [-0.3, -0.25) is 4.57 Å². The molecule has 1 aliphatic rings. The Kier molecular flexibility index (Phi) is 4.67. The fourth-order valence-corrected chi connectivity index (χ4v) is 4.05. The van der Waals surface area contributed by atoms with Crippen molar-refractivity contribution in [3.05, 3.63) is 46.8 Å². The van der Waals surface area contributed by atoms with E-state index in [0.717, 1.165) is 0 Å². The summed E-state index contributed by atoms with van der Waals surface area (Å²) in [6.07, 6.45) is 5.10. The number of imidazole rings is 1. The number of hydrogen-bond donors (Lipinski definition) is 1. The van der Waals surface area contributed by atoms with Crippen LogP contribution in [0.15, 0.2) is 35.5 Å². The highest BCUT2D eigenvalue weighted by atomic mass is 16.6. The van der Waals surface area contributed by atoms with Crippen LogP contribution in [0.5, 0.6) is 0 Å². The van der Waals surface area contributed by atoms with E-state index in [4.69, 9.17) is 4.74 Å². The van der Waals surface area contributed by atoms with Gasteiger partial charge in [0.2, 0.25) is 0 Å². The van der Waals surface area contributed by atoms with Gasteiger partial charge in [-0.1, -0.05) is 0 Å². The van der Waals surface area contributed by atoms with Crippen LogP contribution < -0.4 is 5.69 Å². The van der Waals surface area contributed by atoms with E-state index in [0.29, 0.717) is 53.1 Å². The summed E-state index contributed by atoms with van der Waals surface area (Å²) in [5.74, 6) is 0.391. The molecule has 0 bridgehead atoms. The Labute approximate surface area is 188 Å². The number of fused-ring (bicyclic) bond motifs is 2. The number of hydrogen-bond acceptors (Lipinski definition) is 7. The monoisotopic (exact) mass is 446 g/mol.